The van der Waals surface area contributed by atoms with Gasteiger partial charge in [-0.3, -0.25) is 9.38 Å². The number of pyridine rings is 2. The summed E-state index contributed by atoms with van der Waals surface area (Å²) in [6.07, 6.45) is 8.34. The van der Waals surface area contributed by atoms with Gasteiger partial charge in [0.1, 0.15) is 5.65 Å². The maximum Gasteiger partial charge on any atom is 0.146 e. The summed E-state index contributed by atoms with van der Waals surface area (Å²) in [6, 6.07) is 39.5. The molecule has 3 aromatic heterocycles. The first-order chi connectivity index (χ1) is 20.3. The van der Waals surface area contributed by atoms with Crippen molar-refractivity contribution in [2.75, 3.05) is 0 Å². The SMILES string of the molecule is C1=Cc2nc3c4c5ccccc5c(-c5ccc(-c6ccc7ccccc7c6)cc5)cc4c4ncccc4n3c2CC1. The van der Waals surface area contributed by atoms with Crippen molar-refractivity contribution in [1.29, 1.82) is 0 Å². The van der Waals surface area contributed by atoms with Crippen LogP contribution in [-0.2, 0) is 6.42 Å². The number of imidazole rings is 1. The maximum atomic E-state index is 5.20. The fourth-order valence-corrected chi connectivity index (χ4v) is 6.72. The molecular formula is C38H25N3. The van der Waals surface area contributed by atoms with Crippen molar-refractivity contribution in [2.24, 2.45) is 0 Å². The monoisotopic (exact) mass is 523 g/mol. The molecule has 3 nitrogen and oxygen atoms in total. The number of benzene rings is 5. The highest BCUT2D eigenvalue weighted by Gasteiger charge is 2.21. The minimum Gasteiger partial charge on any atom is -0.294 e. The summed E-state index contributed by atoms with van der Waals surface area (Å²) in [4.78, 5) is 10.1. The molecule has 3 heterocycles. The van der Waals surface area contributed by atoms with Gasteiger partial charge in [0, 0.05) is 17.0 Å². The Kier molecular flexibility index (Phi) is 4.73. The Bertz CT molecular complexity index is 2360. The van der Waals surface area contributed by atoms with Gasteiger partial charge in [-0.1, -0.05) is 91.0 Å². The van der Waals surface area contributed by atoms with Crippen LogP contribution in [0.3, 0.4) is 0 Å². The number of aryl methyl sites for hydroxylation is 1. The van der Waals surface area contributed by atoms with Gasteiger partial charge in [-0.25, -0.2) is 4.98 Å². The molecular weight excluding hydrogens is 498 g/mol. The Morgan fingerprint density at radius 2 is 1.41 bits per heavy atom. The zero-order valence-corrected chi connectivity index (χ0v) is 22.4. The smallest absolute Gasteiger partial charge is 0.146 e. The molecule has 0 bridgehead atoms. The molecule has 0 aliphatic heterocycles. The summed E-state index contributed by atoms with van der Waals surface area (Å²) in [5.74, 6) is 0. The molecule has 0 fully saturated rings. The van der Waals surface area contributed by atoms with Gasteiger partial charge in [-0.2, -0.15) is 0 Å². The van der Waals surface area contributed by atoms with E-state index in [1.807, 2.05) is 12.3 Å². The number of fused-ring (bicyclic) bond motifs is 11. The lowest BCUT2D eigenvalue weighted by molar-refractivity contribution is 0.921. The van der Waals surface area contributed by atoms with Crippen LogP contribution in [0.15, 0.2) is 121 Å². The van der Waals surface area contributed by atoms with Crippen LogP contribution in [0.5, 0.6) is 0 Å². The quantitative estimate of drug-likeness (QED) is 0.211. The third-order valence-electron chi connectivity index (χ3n) is 8.66. The van der Waals surface area contributed by atoms with Gasteiger partial charge in [-0.05, 0) is 87.0 Å². The molecule has 9 rings (SSSR count). The van der Waals surface area contributed by atoms with Gasteiger partial charge in [0.05, 0.1) is 22.4 Å². The van der Waals surface area contributed by atoms with Gasteiger partial charge in [0.15, 0.2) is 0 Å². The van der Waals surface area contributed by atoms with E-state index >= 15 is 0 Å². The van der Waals surface area contributed by atoms with Crippen LogP contribution in [0.1, 0.15) is 17.8 Å². The summed E-state index contributed by atoms with van der Waals surface area (Å²) in [5, 5.41) is 7.28. The summed E-state index contributed by atoms with van der Waals surface area (Å²) < 4.78 is 2.36. The van der Waals surface area contributed by atoms with Crippen LogP contribution in [0.25, 0.3) is 77.3 Å². The molecule has 0 atom stereocenters. The summed E-state index contributed by atoms with van der Waals surface area (Å²) in [5.41, 5.74) is 10.4. The number of aromatic nitrogens is 3. The third kappa shape index (κ3) is 3.33. The predicted molar refractivity (Wildman–Crippen MR) is 171 cm³/mol. The predicted octanol–water partition coefficient (Wildman–Crippen LogP) is 9.64. The van der Waals surface area contributed by atoms with E-state index in [0.29, 0.717) is 0 Å². The molecule has 5 aromatic carbocycles. The first kappa shape index (κ1) is 22.5. The Hall–Kier alpha value is -5.28. The number of allylic oxidation sites excluding steroid dienone is 1. The van der Waals surface area contributed by atoms with Gasteiger partial charge in [-0.15, -0.1) is 0 Å². The van der Waals surface area contributed by atoms with Crippen molar-refractivity contribution in [3.8, 4) is 22.3 Å². The normalized spacial score (nSPS) is 13.1. The van der Waals surface area contributed by atoms with Crippen molar-refractivity contribution in [1.82, 2.24) is 14.4 Å². The average molecular weight is 524 g/mol. The van der Waals surface area contributed by atoms with Crippen molar-refractivity contribution in [3.63, 3.8) is 0 Å². The van der Waals surface area contributed by atoms with Crippen molar-refractivity contribution < 1.29 is 0 Å². The van der Waals surface area contributed by atoms with Crippen LogP contribution >= 0.6 is 0 Å². The van der Waals surface area contributed by atoms with Gasteiger partial charge >= 0.3 is 0 Å². The van der Waals surface area contributed by atoms with Gasteiger partial charge < -0.3 is 0 Å². The lowest BCUT2D eigenvalue weighted by Gasteiger charge is -2.15. The van der Waals surface area contributed by atoms with Crippen LogP contribution in [0, 0.1) is 0 Å². The number of hydrogen-bond donors (Lipinski definition) is 0. The topological polar surface area (TPSA) is 30.2 Å². The molecule has 41 heavy (non-hydrogen) atoms. The van der Waals surface area contributed by atoms with Gasteiger partial charge in [0.2, 0.25) is 0 Å². The Morgan fingerprint density at radius 3 is 2.32 bits per heavy atom. The summed E-state index contributed by atoms with van der Waals surface area (Å²) in [6.45, 7) is 0. The Balaban J connectivity index is 1.30. The molecule has 1 aliphatic carbocycles. The second-order valence-corrected chi connectivity index (χ2v) is 10.9. The summed E-state index contributed by atoms with van der Waals surface area (Å²) in [7, 11) is 0. The fourth-order valence-electron chi connectivity index (χ4n) is 6.72. The number of hydrogen-bond acceptors (Lipinski definition) is 2. The zero-order valence-electron chi connectivity index (χ0n) is 22.4. The molecule has 0 spiro atoms. The highest BCUT2D eigenvalue weighted by Crippen LogP contribution is 2.41. The van der Waals surface area contributed by atoms with Crippen LogP contribution in [0.2, 0.25) is 0 Å². The molecule has 0 saturated carbocycles. The second-order valence-electron chi connectivity index (χ2n) is 10.9. The first-order valence-corrected chi connectivity index (χ1v) is 14.2. The minimum absolute atomic E-state index is 0.988. The third-order valence-corrected chi connectivity index (χ3v) is 8.66. The molecule has 0 radical (unpaired) electrons. The lowest BCUT2D eigenvalue weighted by Crippen LogP contribution is -2.00. The summed E-state index contributed by atoms with van der Waals surface area (Å²) >= 11 is 0. The van der Waals surface area contributed by atoms with Gasteiger partial charge in [0.25, 0.3) is 0 Å². The standard InChI is InChI=1S/C38H25N3/c1-2-9-27-22-28(20-17-24(27)8-1)25-15-18-26(19-16-25)31-23-32-36(30-11-4-3-10-29(30)31)38-40-33-12-5-6-13-34(33)41(38)35-14-7-21-39-37(32)35/h1-5,7-12,14-23H,6,13H2. The molecule has 3 heteroatoms. The van der Waals surface area contributed by atoms with Crippen molar-refractivity contribution >= 4 is 55.1 Å². The van der Waals surface area contributed by atoms with Crippen LogP contribution < -0.4 is 0 Å². The highest BCUT2D eigenvalue weighted by atomic mass is 15.0. The van der Waals surface area contributed by atoms with Crippen LogP contribution in [-0.4, -0.2) is 14.4 Å². The molecule has 0 N–H and O–H groups in total. The van der Waals surface area contributed by atoms with E-state index in [-0.39, 0.29) is 0 Å². The lowest BCUT2D eigenvalue weighted by atomic mass is 9.92. The van der Waals surface area contributed by atoms with E-state index in [1.165, 1.54) is 54.9 Å². The molecule has 0 amide bonds. The number of nitrogens with zero attached hydrogens (tertiary/aromatic N) is 3. The van der Waals surface area contributed by atoms with E-state index in [9.17, 15) is 0 Å². The molecule has 192 valence electrons. The second kappa shape index (κ2) is 8.61. The first-order valence-electron chi connectivity index (χ1n) is 14.2. The minimum atomic E-state index is 0.988. The van der Waals surface area contributed by atoms with Crippen molar-refractivity contribution in [2.45, 2.75) is 12.8 Å². The van der Waals surface area contributed by atoms with Crippen molar-refractivity contribution in [3.05, 3.63) is 133 Å². The molecule has 8 aromatic rings. The van der Waals surface area contributed by atoms with E-state index in [2.05, 4.69) is 120 Å². The van der Waals surface area contributed by atoms with E-state index in [1.54, 1.807) is 0 Å². The number of rotatable bonds is 2. The van der Waals surface area contributed by atoms with Crippen LogP contribution in [0.4, 0.5) is 0 Å². The van der Waals surface area contributed by atoms with E-state index < -0.39 is 0 Å². The highest BCUT2D eigenvalue weighted by molar-refractivity contribution is 6.24. The molecule has 0 unspecified atom stereocenters. The fraction of sp³-hybridized carbons (Fsp3) is 0.0526. The maximum absolute atomic E-state index is 5.20. The molecule has 0 saturated heterocycles. The Labute approximate surface area is 237 Å². The molecule has 1 aliphatic rings. The average Bonchev–Trinajstić information content (AvgIpc) is 3.44. The Morgan fingerprint density at radius 1 is 0.634 bits per heavy atom. The largest absolute Gasteiger partial charge is 0.294 e. The van der Waals surface area contributed by atoms with E-state index in [0.717, 1.165) is 40.6 Å². The zero-order chi connectivity index (χ0) is 26.9. The van der Waals surface area contributed by atoms with E-state index in [4.69, 9.17) is 9.97 Å².